The van der Waals surface area contributed by atoms with E-state index in [4.69, 9.17) is 9.47 Å². The number of benzene rings is 1. The predicted molar refractivity (Wildman–Crippen MR) is 137 cm³/mol. The van der Waals surface area contributed by atoms with Gasteiger partial charge in [0, 0.05) is 64.0 Å². The summed E-state index contributed by atoms with van der Waals surface area (Å²) in [5.41, 5.74) is 3.32. The van der Waals surface area contributed by atoms with Crippen molar-refractivity contribution in [3.63, 3.8) is 0 Å². The van der Waals surface area contributed by atoms with Crippen molar-refractivity contribution in [1.82, 2.24) is 29.4 Å². The first-order chi connectivity index (χ1) is 17.9. The smallest absolute Gasteiger partial charge is 0.228 e. The van der Waals surface area contributed by atoms with Crippen molar-refractivity contribution < 1.29 is 18.7 Å². The second-order valence-electron chi connectivity index (χ2n) is 8.65. The van der Waals surface area contributed by atoms with E-state index in [0.717, 1.165) is 11.9 Å². The highest BCUT2D eigenvalue weighted by Gasteiger charge is 2.23. The number of aryl methyl sites for hydroxylation is 1. The number of carbonyl (C=O) groups excluding carboxylic acids is 1. The average Bonchev–Trinajstić information content (AvgIpc) is 3.29. The summed E-state index contributed by atoms with van der Waals surface area (Å²) < 4.78 is 27.8. The predicted octanol–water partition coefficient (Wildman–Crippen LogP) is 2.99. The summed E-state index contributed by atoms with van der Waals surface area (Å²) >= 11 is 0. The molecule has 0 saturated carbocycles. The molecule has 0 radical (unpaired) electrons. The Hall–Kier alpha value is -4.48. The number of methoxy groups -OCH3 is 2. The van der Waals surface area contributed by atoms with Crippen molar-refractivity contribution >= 4 is 34.4 Å². The number of anilines is 3. The SMILES string of the molecule is COc1cc(N2CCN(C(C)=O)CC2)c(OC)cc1Nc1ncc(F)c(-c2cnc3c(c2)ncn3C)n1. The maximum atomic E-state index is 14.7. The van der Waals surface area contributed by atoms with E-state index in [9.17, 15) is 9.18 Å². The molecule has 1 aliphatic rings. The maximum Gasteiger partial charge on any atom is 0.228 e. The van der Waals surface area contributed by atoms with Crippen molar-refractivity contribution in [3.05, 3.63) is 42.7 Å². The summed E-state index contributed by atoms with van der Waals surface area (Å²) in [7, 11) is 5.00. The Bertz CT molecular complexity index is 1470. The van der Waals surface area contributed by atoms with E-state index in [0.29, 0.717) is 60.1 Å². The fourth-order valence-electron chi connectivity index (χ4n) is 4.38. The maximum absolute atomic E-state index is 14.7. The van der Waals surface area contributed by atoms with E-state index in [-0.39, 0.29) is 17.5 Å². The Morgan fingerprint density at radius 1 is 1.00 bits per heavy atom. The largest absolute Gasteiger partial charge is 0.494 e. The molecule has 0 bridgehead atoms. The minimum Gasteiger partial charge on any atom is -0.494 e. The number of piperazine rings is 1. The number of ether oxygens (including phenoxy) is 2. The topological polar surface area (TPSA) is 111 Å². The molecular weight excluding hydrogens is 479 g/mol. The number of imidazole rings is 1. The van der Waals surface area contributed by atoms with Crippen LogP contribution in [-0.2, 0) is 11.8 Å². The summed E-state index contributed by atoms with van der Waals surface area (Å²) in [5.74, 6) is 0.827. The number of carbonyl (C=O) groups is 1. The van der Waals surface area contributed by atoms with Gasteiger partial charge in [0.05, 0.1) is 38.1 Å². The summed E-state index contributed by atoms with van der Waals surface area (Å²) in [6.45, 7) is 4.18. The van der Waals surface area contributed by atoms with Crippen molar-refractivity contribution in [2.24, 2.45) is 7.05 Å². The lowest BCUT2D eigenvalue weighted by Gasteiger charge is -2.36. The minimum atomic E-state index is -0.577. The minimum absolute atomic E-state index is 0.0677. The Morgan fingerprint density at radius 2 is 1.76 bits per heavy atom. The van der Waals surface area contributed by atoms with Gasteiger partial charge >= 0.3 is 0 Å². The Balaban J connectivity index is 1.44. The fraction of sp³-hybridized carbons (Fsp3) is 0.320. The molecule has 1 N–H and O–H groups in total. The van der Waals surface area contributed by atoms with Gasteiger partial charge in [-0.3, -0.25) is 4.79 Å². The standard InChI is InChI=1S/C25H27FN8O3/c1-15(35)33-5-7-34(8-6-33)20-11-21(36-3)18(10-22(20)37-4)30-25-28-13-17(26)23(31-25)16-9-19-24(27-12-16)32(2)14-29-19/h9-14H,5-8H2,1-4H3,(H,28,30,31). The molecule has 12 heteroatoms. The average molecular weight is 507 g/mol. The molecule has 0 atom stereocenters. The molecule has 3 aromatic heterocycles. The summed E-state index contributed by atoms with van der Waals surface area (Å²) in [4.78, 5) is 32.8. The van der Waals surface area contributed by atoms with Gasteiger partial charge in [-0.1, -0.05) is 0 Å². The number of hydrogen-bond donors (Lipinski definition) is 1. The number of fused-ring (bicyclic) bond motifs is 1. The van der Waals surface area contributed by atoms with E-state index >= 15 is 0 Å². The zero-order valence-corrected chi connectivity index (χ0v) is 21.0. The molecule has 37 heavy (non-hydrogen) atoms. The van der Waals surface area contributed by atoms with E-state index in [2.05, 4.69) is 30.2 Å². The first kappa shape index (κ1) is 24.2. The van der Waals surface area contributed by atoms with Gasteiger partial charge in [0.1, 0.15) is 22.7 Å². The quantitative estimate of drug-likeness (QED) is 0.422. The molecule has 11 nitrogen and oxygen atoms in total. The van der Waals surface area contributed by atoms with Crippen LogP contribution >= 0.6 is 0 Å². The zero-order valence-electron chi connectivity index (χ0n) is 21.0. The third kappa shape index (κ3) is 4.69. The fourth-order valence-corrected chi connectivity index (χ4v) is 4.38. The number of nitrogens with one attached hydrogen (secondary N) is 1. The molecule has 1 saturated heterocycles. The van der Waals surface area contributed by atoms with Crippen LogP contribution in [-0.4, -0.2) is 75.7 Å². The van der Waals surface area contributed by atoms with E-state index in [1.807, 2.05) is 18.0 Å². The first-order valence-electron chi connectivity index (χ1n) is 11.7. The van der Waals surface area contributed by atoms with Crippen molar-refractivity contribution in [2.75, 3.05) is 50.6 Å². The van der Waals surface area contributed by atoms with Gasteiger partial charge in [-0.25, -0.2) is 24.3 Å². The third-order valence-corrected chi connectivity index (χ3v) is 6.38. The number of hydrogen-bond acceptors (Lipinski definition) is 9. The molecule has 0 spiro atoms. The molecule has 1 amide bonds. The van der Waals surface area contributed by atoms with Crippen molar-refractivity contribution in [3.8, 4) is 22.8 Å². The van der Waals surface area contributed by atoms with Crippen LogP contribution < -0.4 is 19.7 Å². The monoisotopic (exact) mass is 506 g/mol. The van der Waals surface area contributed by atoms with Crippen molar-refractivity contribution in [1.29, 1.82) is 0 Å². The number of amides is 1. The van der Waals surface area contributed by atoms with Crippen LogP contribution in [0.3, 0.4) is 0 Å². The molecule has 0 unspecified atom stereocenters. The van der Waals surface area contributed by atoms with E-state index in [1.165, 1.54) is 0 Å². The second-order valence-corrected chi connectivity index (χ2v) is 8.65. The second kappa shape index (κ2) is 9.88. The third-order valence-electron chi connectivity index (χ3n) is 6.38. The van der Waals surface area contributed by atoms with Gasteiger partial charge in [-0.15, -0.1) is 0 Å². The van der Waals surface area contributed by atoms with Crippen LogP contribution in [0.1, 0.15) is 6.92 Å². The number of pyridine rings is 1. The zero-order chi connectivity index (χ0) is 26.1. The summed E-state index contributed by atoms with van der Waals surface area (Å²) in [6, 6.07) is 5.40. The van der Waals surface area contributed by atoms with Crippen molar-refractivity contribution in [2.45, 2.75) is 6.92 Å². The number of halogens is 1. The Labute approximate surface area is 212 Å². The first-order valence-corrected chi connectivity index (χ1v) is 11.7. The van der Waals surface area contributed by atoms with Gasteiger partial charge in [0.15, 0.2) is 11.5 Å². The number of rotatable bonds is 6. The lowest BCUT2D eigenvalue weighted by Crippen LogP contribution is -2.48. The van der Waals surface area contributed by atoms with Gasteiger partial charge in [-0.05, 0) is 6.07 Å². The van der Waals surface area contributed by atoms with Crippen LogP contribution in [0.25, 0.3) is 22.4 Å². The van der Waals surface area contributed by atoms with Crippen LogP contribution in [0.5, 0.6) is 11.5 Å². The highest BCUT2D eigenvalue weighted by atomic mass is 19.1. The molecule has 0 aliphatic carbocycles. The van der Waals surface area contributed by atoms with Crippen LogP contribution in [0, 0.1) is 5.82 Å². The molecule has 1 fully saturated rings. The molecule has 192 valence electrons. The lowest BCUT2D eigenvalue weighted by molar-refractivity contribution is -0.129. The van der Waals surface area contributed by atoms with Crippen LogP contribution in [0.2, 0.25) is 0 Å². The van der Waals surface area contributed by atoms with Crippen LogP contribution in [0.15, 0.2) is 36.9 Å². The van der Waals surface area contributed by atoms with Gasteiger partial charge < -0.3 is 29.2 Å². The van der Waals surface area contributed by atoms with E-state index in [1.54, 1.807) is 50.4 Å². The molecule has 4 aromatic rings. The Kier molecular flexibility index (Phi) is 6.47. The molecule has 1 aromatic carbocycles. The lowest BCUT2D eigenvalue weighted by atomic mass is 10.2. The summed E-state index contributed by atoms with van der Waals surface area (Å²) in [5, 5.41) is 3.12. The normalized spacial score (nSPS) is 13.6. The molecule has 5 rings (SSSR count). The summed E-state index contributed by atoms with van der Waals surface area (Å²) in [6.07, 6.45) is 4.32. The molecule has 4 heterocycles. The Morgan fingerprint density at radius 3 is 2.46 bits per heavy atom. The van der Waals surface area contributed by atoms with Gasteiger partial charge in [0.25, 0.3) is 0 Å². The number of aromatic nitrogens is 5. The number of nitrogens with zero attached hydrogens (tertiary/aromatic N) is 7. The molecular formula is C25H27FN8O3. The van der Waals surface area contributed by atoms with Gasteiger partial charge in [0.2, 0.25) is 11.9 Å². The highest BCUT2D eigenvalue weighted by Crippen LogP contribution is 2.40. The molecule has 1 aliphatic heterocycles. The van der Waals surface area contributed by atoms with Crippen LogP contribution in [0.4, 0.5) is 21.7 Å². The highest BCUT2D eigenvalue weighted by molar-refractivity contribution is 5.78. The van der Waals surface area contributed by atoms with E-state index < -0.39 is 5.82 Å². The van der Waals surface area contributed by atoms with Gasteiger partial charge in [-0.2, -0.15) is 0 Å².